The van der Waals surface area contributed by atoms with Gasteiger partial charge in [0.2, 0.25) is 6.29 Å². The molecular weight excluding hydrogens is 267 g/mol. The van der Waals surface area contributed by atoms with Gasteiger partial charge in [-0.25, -0.2) is 4.98 Å². The molecule has 18 heavy (non-hydrogen) atoms. The summed E-state index contributed by atoms with van der Waals surface area (Å²) in [6.45, 7) is 3.50. The van der Waals surface area contributed by atoms with Crippen LogP contribution >= 0.6 is 11.3 Å². The molecule has 2 heterocycles. The molecular formula is C10H14F3N3OS. The van der Waals surface area contributed by atoms with Crippen LogP contribution in [0.15, 0.2) is 6.20 Å². The maximum absolute atomic E-state index is 10.4. The number of aldehydes is 1. The number of likely N-dealkylation sites (tertiary alicyclic amines) is 1. The number of halogens is 3. The standard InChI is InChI=1S/C8H13N3S.C2HF3O/c9-8-10-5-7(12-8)6-11-3-1-2-4-11;3-2(4,5)1-6/h5H,1-4,6H2,(H2,9,10);1H. The zero-order chi connectivity index (χ0) is 13.6. The minimum absolute atomic E-state index is 0.684. The smallest absolute Gasteiger partial charge is 0.375 e. The molecule has 8 heteroatoms. The summed E-state index contributed by atoms with van der Waals surface area (Å²) in [5, 5.41) is 0.684. The average molecular weight is 281 g/mol. The first-order valence-electron chi connectivity index (χ1n) is 5.36. The van der Waals surface area contributed by atoms with Crippen molar-refractivity contribution in [3.8, 4) is 0 Å². The van der Waals surface area contributed by atoms with E-state index in [9.17, 15) is 13.2 Å². The number of nitrogen functional groups attached to an aromatic ring is 1. The normalized spacial score (nSPS) is 16.2. The first-order valence-corrected chi connectivity index (χ1v) is 6.18. The molecule has 1 aromatic heterocycles. The monoisotopic (exact) mass is 281 g/mol. The number of alkyl halides is 3. The number of hydrogen-bond donors (Lipinski definition) is 1. The summed E-state index contributed by atoms with van der Waals surface area (Å²) in [6.07, 6.45) is -1.13. The Morgan fingerprint density at radius 3 is 2.39 bits per heavy atom. The van der Waals surface area contributed by atoms with Gasteiger partial charge in [-0.05, 0) is 25.9 Å². The van der Waals surface area contributed by atoms with Gasteiger partial charge < -0.3 is 5.73 Å². The number of rotatable bonds is 2. The molecule has 102 valence electrons. The lowest BCUT2D eigenvalue weighted by Crippen LogP contribution is -2.17. The quantitative estimate of drug-likeness (QED) is 0.843. The van der Waals surface area contributed by atoms with E-state index < -0.39 is 12.5 Å². The van der Waals surface area contributed by atoms with Gasteiger partial charge in [-0.1, -0.05) is 0 Å². The number of carbonyl (C=O) groups is 1. The van der Waals surface area contributed by atoms with E-state index in [0.29, 0.717) is 5.13 Å². The molecule has 2 N–H and O–H groups in total. The Kier molecular flexibility index (Phi) is 5.54. The second kappa shape index (κ2) is 6.69. The lowest BCUT2D eigenvalue weighted by Gasteiger charge is -2.11. The first kappa shape index (κ1) is 14.9. The van der Waals surface area contributed by atoms with Gasteiger partial charge in [0.25, 0.3) is 0 Å². The van der Waals surface area contributed by atoms with Crippen LogP contribution in [0.25, 0.3) is 0 Å². The van der Waals surface area contributed by atoms with Crippen molar-refractivity contribution in [3.63, 3.8) is 0 Å². The predicted octanol–water partition coefficient (Wildman–Crippen LogP) is 2.07. The number of carbonyl (C=O) groups excluding carboxylic acids is 1. The van der Waals surface area contributed by atoms with E-state index in [0.717, 1.165) is 6.54 Å². The van der Waals surface area contributed by atoms with Crippen LogP contribution in [0.2, 0.25) is 0 Å². The first-order chi connectivity index (χ1) is 8.40. The number of nitrogens with zero attached hydrogens (tertiary/aromatic N) is 2. The average Bonchev–Trinajstić information content (AvgIpc) is 2.91. The number of aromatic nitrogens is 1. The van der Waals surface area contributed by atoms with E-state index in [1.54, 1.807) is 11.3 Å². The minimum Gasteiger partial charge on any atom is -0.375 e. The maximum Gasteiger partial charge on any atom is 0.446 e. The van der Waals surface area contributed by atoms with Crippen molar-refractivity contribution in [1.29, 1.82) is 0 Å². The summed E-state index contributed by atoms with van der Waals surface area (Å²) in [6, 6.07) is 0. The topological polar surface area (TPSA) is 59.2 Å². The fraction of sp³-hybridized carbons (Fsp3) is 0.600. The molecule has 1 aliphatic rings. The minimum atomic E-state index is -4.64. The number of anilines is 1. The summed E-state index contributed by atoms with van der Waals surface area (Å²) < 4.78 is 31.2. The van der Waals surface area contributed by atoms with Crippen LogP contribution in [0.5, 0.6) is 0 Å². The molecule has 0 unspecified atom stereocenters. The van der Waals surface area contributed by atoms with Crippen molar-refractivity contribution in [3.05, 3.63) is 11.1 Å². The molecule has 0 bridgehead atoms. The molecule has 0 saturated carbocycles. The van der Waals surface area contributed by atoms with Crippen LogP contribution in [-0.2, 0) is 11.3 Å². The summed E-state index contributed by atoms with van der Waals surface area (Å²) in [4.78, 5) is 16.5. The van der Waals surface area contributed by atoms with Gasteiger partial charge in [0, 0.05) is 17.6 Å². The van der Waals surface area contributed by atoms with Gasteiger partial charge in [-0.3, -0.25) is 9.69 Å². The van der Waals surface area contributed by atoms with Crippen molar-refractivity contribution in [2.45, 2.75) is 25.6 Å². The Balaban J connectivity index is 0.000000232. The summed E-state index contributed by atoms with van der Waals surface area (Å²) in [5.41, 5.74) is 5.54. The molecule has 0 aliphatic carbocycles. The third kappa shape index (κ3) is 5.97. The van der Waals surface area contributed by atoms with Crippen LogP contribution < -0.4 is 5.73 Å². The van der Waals surface area contributed by atoms with Crippen molar-refractivity contribution in [2.75, 3.05) is 18.8 Å². The molecule has 1 fully saturated rings. The van der Waals surface area contributed by atoms with Crippen molar-refractivity contribution in [2.24, 2.45) is 0 Å². The fourth-order valence-corrected chi connectivity index (χ4v) is 2.28. The largest absolute Gasteiger partial charge is 0.446 e. The lowest BCUT2D eigenvalue weighted by atomic mass is 10.4. The zero-order valence-corrected chi connectivity index (χ0v) is 10.4. The number of thiazole rings is 1. The van der Waals surface area contributed by atoms with Gasteiger partial charge in [-0.15, -0.1) is 11.3 Å². The van der Waals surface area contributed by atoms with E-state index in [4.69, 9.17) is 10.5 Å². The zero-order valence-electron chi connectivity index (χ0n) is 9.61. The number of nitrogens with two attached hydrogens (primary N) is 1. The Morgan fingerprint density at radius 1 is 1.44 bits per heavy atom. The van der Waals surface area contributed by atoms with Gasteiger partial charge in [0.1, 0.15) is 0 Å². The second-order valence-electron chi connectivity index (χ2n) is 3.81. The Labute approximate surface area is 107 Å². The van der Waals surface area contributed by atoms with E-state index in [2.05, 4.69) is 9.88 Å². The lowest BCUT2D eigenvalue weighted by molar-refractivity contribution is -0.156. The highest BCUT2D eigenvalue weighted by Crippen LogP contribution is 2.18. The van der Waals surface area contributed by atoms with Crippen molar-refractivity contribution in [1.82, 2.24) is 9.88 Å². The van der Waals surface area contributed by atoms with Crippen molar-refractivity contribution < 1.29 is 18.0 Å². The number of hydrogen-bond acceptors (Lipinski definition) is 5. The Bertz CT molecular complexity index is 375. The van der Waals surface area contributed by atoms with E-state index in [1.165, 1.54) is 30.8 Å². The summed E-state index contributed by atoms with van der Waals surface area (Å²) in [5.74, 6) is 0. The molecule has 0 spiro atoms. The molecule has 1 aromatic rings. The van der Waals surface area contributed by atoms with Gasteiger partial charge >= 0.3 is 6.18 Å². The summed E-state index contributed by atoms with van der Waals surface area (Å²) in [7, 11) is 0. The van der Waals surface area contributed by atoms with E-state index in [-0.39, 0.29) is 0 Å². The van der Waals surface area contributed by atoms with Crippen LogP contribution in [0.3, 0.4) is 0 Å². The highest BCUT2D eigenvalue weighted by Gasteiger charge is 2.24. The van der Waals surface area contributed by atoms with E-state index >= 15 is 0 Å². The van der Waals surface area contributed by atoms with Crippen LogP contribution in [0, 0.1) is 0 Å². The van der Waals surface area contributed by atoms with Gasteiger partial charge in [0.15, 0.2) is 5.13 Å². The SMILES string of the molecule is Nc1ncc(CN2CCCC2)s1.O=CC(F)(F)F. The second-order valence-corrected chi connectivity index (χ2v) is 4.95. The molecule has 0 radical (unpaired) electrons. The third-order valence-corrected chi connectivity index (χ3v) is 3.09. The summed E-state index contributed by atoms with van der Waals surface area (Å²) >= 11 is 1.60. The molecule has 4 nitrogen and oxygen atoms in total. The highest BCUT2D eigenvalue weighted by atomic mass is 32.1. The van der Waals surface area contributed by atoms with Gasteiger partial charge in [-0.2, -0.15) is 13.2 Å². The van der Waals surface area contributed by atoms with Crippen LogP contribution in [0.4, 0.5) is 18.3 Å². The maximum atomic E-state index is 10.4. The molecule has 1 saturated heterocycles. The molecule has 2 rings (SSSR count). The van der Waals surface area contributed by atoms with Crippen LogP contribution in [-0.4, -0.2) is 35.4 Å². The van der Waals surface area contributed by atoms with Gasteiger partial charge in [0.05, 0.1) is 0 Å². The van der Waals surface area contributed by atoms with E-state index in [1.807, 2.05) is 6.20 Å². The Hall–Kier alpha value is -1.15. The molecule has 0 aromatic carbocycles. The third-order valence-electron chi connectivity index (χ3n) is 2.28. The van der Waals surface area contributed by atoms with Crippen LogP contribution in [0.1, 0.15) is 17.7 Å². The highest BCUT2D eigenvalue weighted by molar-refractivity contribution is 7.15. The predicted molar refractivity (Wildman–Crippen MR) is 63.2 cm³/mol. The molecule has 0 amide bonds. The Morgan fingerprint density at radius 2 is 2.00 bits per heavy atom. The molecule has 1 aliphatic heterocycles. The molecule has 0 atom stereocenters. The van der Waals surface area contributed by atoms with Crippen molar-refractivity contribution >= 4 is 22.8 Å². The fourth-order valence-electron chi connectivity index (χ4n) is 1.56.